The summed E-state index contributed by atoms with van der Waals surface area (Å²) >= 11 is 1.45. The highest BCUT2D eigenvalue weighted by Gasteiger charge is 2.33. The topological polar surface area (TPSA) is 63.2 Å². The Bertz CT molecular complexity index is 408. The molecule has 0 spiro atoms. The molecule has 6 heteroatoms. The molecule has 0 aliphatic carbocycles. The first-order valence-corrected chi connectivity index (χ1v) is 7.12. The third-order valence-corrected chi connectivity index (χ3v) is 3.80. The molecule has 0 bridgehead atoms. The third-order valence-electron chi connectivity index (χ3n) is 2.92. The average molecular weight is 269 g/mol. The highest BCUT2D eigenvalue weighted by Crippen LogP contribution is 2.19. The van der Waals surface area contributed by atoms with E-state index in [4.69, 9.17) is 4.74 Å². The van der Waals surface area contributed by atoms with Crippen LogP contribution in [0.1, 0.15) is 19.0 Å². The molecule has 100 valence electrons. The predicted molar refractivity (Wildman–Crippen MR) is 71.9 cm³/mol. The Balaban J connectivity index is 1.91. The molecule has 18 heavy (non-hydrogen) atoms. The second-order valence-corrected chi connectivity index (χ2v) is 5.35. The van der Waals surface area contributed by atoms with E-state index in [-0.39, 0.29) is 17.9 Å². The molecular formula is C12H19N3O2S. The molecule has 1 fully saturated rings. The smallest absolute Gasteiger partial charge is 0.233 e. The fourth-order valence-corrected chi connectivity index (χ4v) is 2.64. The van der Waals surface area contributed by atoms with Crippen LogP contribution in [0, 0.1) is 12.8 Å². The van der Waals surface area contributed by atoms with E-state index >= 15 is 0 Å². The number of nitrogens with zero attached hydrogens (tertiary/aromatic N) is 1. The summed E-state index contributed by atoms with van der Waals surface area (Å²) in [7, 11) is 0. The first-order valence-electron chi connectivity index (χ1n) is 6.25. The SMILES string of the molecule is CCCNC1COCC1C(=O)Nc1nc(C)cs1. The van der Waals surface area contributed by atoms with Crippen molar-refractivity contribution in [2.45, 2.75) is 26.3 Å². The number of ether oxygens (including phenoxy) is 1. The van der Waals surface area contributed by atoms with Crippen molar-refractivity contribution in [2.75, 3.05) is 25.1 Å². The molecule has 0 radical (unpaired) electrons. The number of carbonyl (C=O) groups excluding carboxylic acids is 1. The number of hydrogen-bond acceptors (Lipinski definition) is 5. The first-order chi connectivity index (χ1) is 8.70. The van der Waals surface area contributed by atoms with Crippen molar-refractivity contribution < 1.29 is 9.53 Å². The first kappa shape index (κ1) is 13.5. The normalized spacial score (nSPS) is 23.2. The Labute approximate surface area is 111 Å². The molecule has 1 saturated heterocycles. The summed E-state index contributed by atoms with van der Waals surface area (Å²) in [6.45, 7) is 6.02. The van der Waals surface area contributed by atoms with Crippen molar-refractivity contribution in [1.29, 1.82) is 0 Å². The van der Waals surface area contributed by atoms with Crippen LogP contribution in [0.25, 0.3) is 0 Å². The molecule has 2 atom stereocenters. The third kappa shape index (κ3) is 3.28. The zero-order chi connectivity index (χ0) is 13.0. The molecule has 0 aromatic carbocycles. The fourth-order valence-electron chi connectivity index (χ4n) is 1.95. The number of carbonyl (C=O) groups is 1. The van der Waals surface area contributed by atoms with Gasteiger partial charge in [0.25, 0.3) is 0 Å². The molecule has 1 aliphatic heterocycles. The summed E-state index contributed by atoms with van der Waals surface area (Å²) in [6, 6.07) is 0.117. The van der Waals surface area contributed by atoms with Gasteiger partial charge in [-0.2, -0.15) is 0 Å². The molecule has 0 saturated carbocycles. The van der Waals surface area contributed by atoms with Gasteiger partial charge in [0, 0.05) is 11.4 Å². The van der Waals surface area contributed by atoms with Crippen molar-refractivity contribution in [3.63, 3.8) is 0 Å². The Hall–Kier alpha value is -0.980. The minimum atomic E-state index is -0.124. The van der Waals surface area contributed by atoms with Crippen LogP contribution in [-0.2, 0) is 9.53 Å². The van der Waals surface area contributed by atoms with E-state index in [1.807, 2.05) is 12.3 Å². The minimum Gasteiger partial charge on any atom is -0.379 e. The van der Waals surface area contributed by atoms with Gasteiger partial charge in [-0.25, -0.2) is 4.98 Å². The van der Waals surface area contributed by atoms with Crippen LogP contribution in [-0.4, -0.2) is 36.7 Å². The van der Waals surface area contributed by atoms with Crippen LogP contribution < -0.4 is 10.6 Å². The summed E-state index contributed by atoms with van der Waals surface area (Å²) in [6.07, 6.45) is 1.05. The van der Waals surface area contributed by atoms with Gasteiger partial charge in [0.2, 0.25) is 5.91 Å². The molecular weight excluding hydrogens is 250 g/mol. The van der Waals surface area contributed by atoms with Gasteiger partial charge >= 0.3 is 0 Å². The number of thiazole rings is 1. The summed E-state index contributed by atoms with van der Waals surface area (Å²) in [5, 5.41) is 8.80. The number of anilines is 1. The summed E-state index contributed by atoms with van der Waals surface area (Å²) in [4.78, 5) is 16.4. The van der Waals surface area contributed by atoms with E-state index in [0.717, 1.165) is 18.7 Å². The van der Waals surface area contributed by atoms with E-state index in [1.165, 1.54) is 11.3 Å². The van der Waals surface area contributed by atoms with Gasteiger partial charge in [-0.3, -0.25) is 4.79 Å². The van der Waals surface area contributed by atoms with Crippen LogP contribution >= 0.6 is 11.3 Å². The number of rotatable bonds is 5. The van der Waals surface area contributed by atoms with Crippen molar-refractivity contribution >= 4 is 22.4 Å². The monoisotopic (exact) mass is 269 g/mol. The van der Waals surface area contributed by atoms with Gasteiger partial charge in [0.05, 0.1) is 24.8 Å². The lowest BCUT2D eigenvalue weighted by Crippen LogP contribution is -2.41. The van der Waals surface area contributed by atoms with Crippen LogP contribution in [0.15, 0.2) is 5.38 Å². The lowest BCUT2D eigenvalue weighted by molar-refractivity contribution is -0.120. The fraction of sp³-hybridized carbons (Fsp3) is 0.667. The lowest BCUT2D eigenvalue weighted by Gasteiger charge is -2.17. The molecule has 2 rings (SSSR count). The number of hydrogen-bond donors (Lipinski definition) is 2. The van der Waals surface area contributed by atoms with Crippen molar-refractivity contribution in [2.24, 2.45) is 5.92 Å². The maximum Gasteiger partial charge on any atom is 0.233 e. The van der Waals surface area contributed by atoms with E-state index in [1.54, 1.807) is 0 Å². The molecule has 1 aromatic heterocycles. The van der Waals surface area contributed by atoms with E-state index in [9.17, 15) is 4.79 Å². The van der Waals surface area contributed by atoms with E-state index < -0.39 is 0 Å². The van der Waals surface area contributed by atoms with Crippen LogP contribution in [0.4, 0.5) is 5.13 Å². The maximum absolute atomic E-state index is 12.1. The Kier molecular flexibility index (Phi) is 4.68. The molecule has 1 aromatic rings. The summed E-state index contributed by atoms with van der Waals surface area (Å²) in [5.41, 5.74) is 0.929. The molecule has 2 heterocycles. The van der Waals surface area contributed by atoms with Gasteiger partial charge in [0.1, 0.15) is 0 Å². The maximum atomic E-state index is 12.1. The molecule has 2 unspecified atom stereocenters. The molecule has 1 amide bonds. The Morgan fingerprint density at radius 3 is 3.11 bits per heavy atom. The van der Waals surface area contributed by atoms with Crippen molar-refractivity contribution in [3.8, 4) is 0 Å². The number of nitrogens with one attached hydrogen (secondary N) is 2. The lowest BCUT2D eigenvalue weighted by atomic mass is 10.0. The van der Waals surface area contributed by atoms with Gasteiger partial charge < -0.3 is 15.4 Å². The van der Waals surface area contributed by atoms with Gasteiger partial charge in [-0.15, -0.1) is 11.3 Å². The quantitative estimate of drug-likeness (QED) is 0.848. The minimum absolute atomic E-state index is 0.00421. The standard InChI is InChI=1S/C12H19N3O2S/c1-3-4-13-10-6-17-5-9(10)11(16)15-12-14-8(2)7-18-12/h7,9-10,13H,3-6H2,1-2H3,(H,14,15,16). The second-order valence-electron chi connectivity index (χ2n) is 4.49. The van der Waals surface area contributed by atoms with E-state index in [0.29, 0.717) is 18.3 Å². The van der Waals surface area contributed by atoms with Crippen LogP contribution in [0.5, 0.6) is 0 Å². The molecule has 1 aliphatic rings. The van der Waals surface area contributed by atoms with Crippen molar-refractivity contribution in [1.82, 2.24) is 10.3 Å². The van der Waals surface area contributed by atoms with Crippen molar-refractivity contribution in [3.05, 3.63) is 11.1 Å². The second kappa shape index (κ2) is 6.26. The summed E-state index contributed by atoms with van der Waals surface area (Å²) in [5.74, 6) is -0.129. The van der Waals surface area contributed by atoms with Gasteiger partial charge in [-0.05, 0) is 19.9 Å². The zero-order valence-corrected chi connectivity index (χ0v) is 11.5. The summed E-state index contributed by atoms with van der Waals surface area (Å²) < 4.78 is 5.39. The van der Waals surface area contributed by atoms with Crippen LogP contribution in [0.3, 0.4) is 0 Å². The number of amides is 1. The van der Waals surface area contributed by atoms with E-state index in [2.05, 4.69) is 22.5 Å². The number of aromatic nitrogens is 1. The van der Waals surface area contributed by atoms with Gasteiger partial charge in [0.15, 0.2) is 5.13 Å². The molecule has 2 N–H and O–H groups in total. The number of aryl methyl sites for hydroxylation is 1. The highest BCUT2D eigenvalue weighted by atomic mass is 32.1. The predicted octanol–water partition coefficient (Wildman–Crippen LogP) is 1.40. The Morgan fingerprint density at radius 1 is 1.61 bits per heavy atom. The van der Waals surface area contributed by atoms with Crippen LogP contribution in [0.2, 0.25) is 0 Å². The van der Waals surface area contributed by atoms with Gasteiger partial charge in [-0.1, -0.05) is 6.92 Å². The highest BCUT2D eigenvalue weighted by molar-refractivity contribution is 7.13. The Morgan fingerprint density at radius 2 is 2.44 bits per heavy atom. The average Bonchev–Trinajstić information content (AvgIpc) is 2.95. The largest absolute Gasteiger partial charge is 0.379 e. The molecule has 5 nitrogen and oxygen atoms in total. The zero-order valence-electron chi connectivity index (χ0n) is 10.7.